The monoisotopic (exact) mass is 410 g/mol. The lowest BCUT2D eigenvalue weighted by Gasteiger charge is -2.07. The van der Waals surface area contributed by atoms with Gasteiger partial charge in [-0.1, -0.05) is 35.9 Å². The number of aromatic nitrogens is 6. The predicted octanol–water partition coefficient (Wildman–Crippen LogP) is 5.15. The zero-order valence-electron chi connectivity index (χ0n) is 16.2. The molecule has 0 unspecified atom stereocenters. The number of para-hydroxylation sites is 1. The van der Waals surface area contributed by atoms with Crippen LogP contribution in [0, 0.1) is 11.7 Å². The second-order valence-corrected chi connectivity index (χ2v) is 7.31. The summed E-state index contributed by atoms with van der Waals surface area (Å²) in [5.74, 6) is 0.656. The molecule has 146 valence electrons. The Morgan fingerprint density at radius 2 is 1.70 bits per heavy atom. The Kier molecular flexibility index (Phi) is 4.57. The zero-order chi connectivity index (χ0) is 20.5. The molecule has 5 aromatic rings. The first kappa shape index (κ1) is 18.2. The van der Waals surface area contributed by atoms with Crippen molar-refractivity contribution in [2.75, 3.05) is 0 Å². The molecule has 0 atom stereocenters. The molecule has 0 aliphatic carbocycles. The molecule has 2 aromatic carbocycles. The average Bonchev–Trinajstić information content (AvgIpc) is 3.40. The Morgan fingerprint density at radius 1 is 0.900 bits per heavy atom. The Balaban J connectivity index is 1.71. The lowest BCUT2D eigenvalue weighted by molar-refractivity contribution is 0.882. The Bertz CT molecular complexity index is 1290. The average molecular weight is 411 g/mol. The summed E-state index contributed by atoms with van der Waals surface area (Å²) in [5.41, 5.74) is 5.68. The number of H-pyrrole nitrogens is 1. The van der Waals surface area contributed by atoms with Crippen LogP contribution in [0.2, 0.25) is 0 Å². The van der Waals surface area contributed by atoms with Gasteiger partial charge in [0.1, 0.15) is 5.69 Å². The summed E-state index contributed by atoms with van der Waals surface area (Å²) in [6.45, 7) is 2.06. The minimum absolute atomic E-state index is 0.519. The first-order valence-corrected chi connectivity index (χ1v) is 9.92. The summed E-state index contributed by atoms with van der Waals surface area (Å²) in [4.78, 5) is 4.27. The molecule has 30 heavy (non-hydrogen) atoms. The second-order valence-electron chi connectivity index (χ2n) is 6.93. The van der Waals surface area contributed by atoms with E-state index in [1.165, 1.54) is 5.56 Å². The maximum atomic E-state index is 5.51. The molecule has 0 amide bonds. The number of hydrogen-bond donors (Lipinski definition) is 1. The Morgan fingerprint density at radius 3 is 2.43 bits per heavy atom. The van der Waals surface area contributed by atoms with Crippen LogP contribution in [0.15, 0.2) is 85.2 Å². The Labute approximate surface area is 178 Å². The molecule has 0 aliphatic rings. The van der Waals surface area contributed by atoms with Crippen LogP contribution in [-0.2, 0) is 0 Å². The minimum Gasteiger partial charge on any atom is -0.267 e. The fourth-order valence-corrected chi connectivity index (χ4v) is 3.62. The van der Waals surface area contributed by atoms with Crippen LogP contribution in [-0.4, -0.2) is 29.5 Å². The summed E-state index contributed by atoms with van der Waals surface area (Å²) in [7, 11) is 0. The molecule has 0 radical (unpaired) electrons. The topological polar surface area (TPSA) is 64.3 Å². The van der Waals surface area contributed by atoms with Gasteiger partial charge in [-0.2, -0.15) is 10.2 Å². The van der Waals surface area contributed by atoms with Crippen molar-refractivity contribution in [1.29, 1.82) is 0 Å². The smallest absolute Gasteiger partial charge is 0.200 e. The molecule has 0 bridgehead atoms. The van der Waals surface area contributed by atoms with Gasteiger partial charge in [0, 0.05) is 18.0 Å². The van der Waals surface area contributed by atoms with Crippen molar-refractivity contribution in [1.82, 2.24) is 29.5 Å². The van der Waals surface area contributed by atoms with E-state index in [0.717, 1.165) is 22.6 Å². The third kappa shape index (κ3) is 3.25. The second kappa shape index (κ2) is 7.53. The van der Waals surface area contributed by atoms with E-state index >= 15 is 0 Å². The normalized spacial score (nSPS) is 11.0. The molecule has 7 heteroatoms. The van der Waals surface area contributed by atoms with E-state index in [-0.39, 0.29) is 0 Å². The largest absolute Gasteiger partial charge is 0.267 e. The summed E-state index contributed by atoms with van der Waals surface area (Å²) < 4.78 is 4.33. The van der Waals surface area contributed by atoms with Crippen molar-refractivity contribution in [3.8, 4) is 34.2 Å². The van der Waals surface area contributed by atoms with Crippen molar-refractivity contribution in [2.24, 2.45) is 0 Å². The lowest BCUT2D eigenvalue weighted by atomic mass is 10.2. The fourth-order valence-electron chi connectivity index (χ4n) is 3.38. The molecular weight excluding hydrogens is 392 g/mol. The highest BCUT2D eigenvalue weighted by molar-refractivity contribution is 7.71. The zero-order valence-corrected chi connectivity index (χ0v) is 17.0. The van der Waals surface area contributed by atoms with Crippen molar-refractivity contribution in [3.63, 3.8) is 0 Å². The minimum atomic E-state index is 0.519. The van der Waals surface area contributed by atoms with Gasteiger partial charge < -0.3 is 0 Å². The standard InChI is InChI=1S/C23H18N6S/c1-16-9-11-18(12-10-16)28-22(25-26-23(28)30)20-14-21(17-6-5-13-24-15-17)29(27-20)19-7-3-2-4-8-19/h2-15H,1H3,(H,26,30). The van der Waals surface area contributed by atoms with Crippen molar-refractivity contribution in [3.05, 3.63) is 95.5 Å². The molecule has 3 aromatic heterocycles. The van der Waals surface area contributed by atoms with Gasteiger partial charge in [-0.15, -0.1) is 0 Å². The van der Waals surface area contributed by atoms with Gasteiger partial charge in [-0.3, -0.25) is 14.6 Å². The molecular formula is C23H18N6S. The number of rotatable bonds is 4. The first-order valence-electron chi connectivity index (χ1n) is 9.51. The Hall–Kier alpha value is -3.84. The quantitative estimate of drug-likeness (QED) is 0.416. The van der Waals surface area contributed by atoms with E-state index < -0.39 is 0 Å². The highest BCUT2D eigenvalue weighted by Crippen LogP contribution is 2.28. The van der Waals surface area contributed by atoms with E-state index in [4.69, 9.17) is 17.3 Å². The van der Waals surface area contributed by atoms with Crippen LogP contribution < -0.4 is 0 Å². The number of aromatic amines is 1. The van der Waals surface area contributed by atoms with Crippen molar-refractivity contribution < 1.29 is 0 Å². The summed E-state index contributed by atoms with van der Waals surface area (Å²) in [6, 6.07) is 24.1. The number of nitrogens with zero attached hydrogens (tertiary/aromatic N) is 5. The first-order chi connectivity index (χ1) is 14.7. The van der Waals surface area contributed by atoms with Gasteiger partial charge in [0.2, 0.25) is 0 Å². The van der Waals surface area contributed by atoms with Gasteiger partial charge >= 0.3 is 0 Å². The maximum Gasteiger partial charge on any atom is 0.200 e. The van der Waals surface area contributed by atoms with Gasteiger partial charge in [-0.05, 0) is 61.6 Å². The van der Waals surface area contributed by atoms with E-state index in [1.807, 2.05) is 76.1 Å². The van der Waals surface area contributed by atoms with Crippen LogP contribution in [0.25, 0.3) is 34.2 Å². The SMILES string of the molecule is Cc1ccc(-n2c(-c3cc(-c4cccnc4)n(-c4ccccc4)n3)n[nH]c2=S)cc1. The molecule has 0 spiro atoms. The van der Waals surface area contributed by atoms with Gasteiger partial charge in [-0.25, -0.2) is 4.68 Å². The van der Waals surface area contributed by atoms with Crippen LogP contribution in [0.3, 0.4) is 0 Å². The van der Waals surface area contributed by atoms with Crippen LogP contribution in [0.5, 0.6) is 0 Å². The number of nitrogens with one attached hydrogen (secondary N) is 1. The molecule has 5 rings (SSSR count). The molecule has 0 saturated heterocycles. The molecule has 0 aliphatic heterocycles. The van der Waals surface area contributed by atoms with Crippen LogP contribution >= 0.6 is 12.2 Å². The molecule has 0 saturated carbocycles. The predicted molar refractivity (Wildman–Crippen MR) is 119 cm³/mol. The van der Waals surface area contributed by atoms with Crippen molar-refractivity contribution >= 4 is 12.2 Å². The molecule has 0 fully saturated rings. The van der Waals surface area contributed by atoms with Gasteiger partial charge in [0.25, 0.3) is 0 Å². The van der Waals surface area contributed by atoms with Gasteiger partial charge in [0.15, 0.2) is 10.6 Å². The maximum absolute atomic E-state index is 5.51. The summed E-state index contributed by atoms with van der Waals surface area (Å²) in [6.07, 6.45) is 3.59. The van der Waals surface area contributed by atoms with E-state index in [0.29, 0.717) is 16.3 Å². The summed E-state index contributed by atoms with van der Waals surface area (Å²) >= 11 is 5.51. The molecule has 1 N–H and O–H groups in total. The van der Waals surface area contributed by atoms with Gasteiger partial charge in [0.05, 0.1) is 17.1 Å². The summed E-state index contributed by atoms with van der Waals surface area (Å²) in [5, 5.41) is 12.3. The van der Waals surface area contributed by atoms with Crippen molar-refractivity contribution in [2.45, 2.75) is 6.92 Å². The molecule has 6 nitrogen and oxygen atoms in total. The lowest BCUT2D eigenvalue weighted by Crippen LogP contribution is -2.01. The van der Waals surface area contributed by atoms with E-state index in [1.54, 1.807) is 6.20 Å². The van der Waals surface area contributed by atoms with Crippen LogP contribution in [0.1, 0.15) is 5.56 Å². The third-order valence-electron chi connectivity index (χ3n) is 4.86. The number of benzene rings is 2. The fraction of sp³-hybridized carbons (Fsp3) is 0.0435. The highest BCUT2D eigenvalue weighted by Gasteiger charge is 2.18. The van der Waals surface area contributed by atoms with E-state index in [9.17, 15) is 0 Å². The third-order valence-corrected chi connectivity index (χ3v) is 5.13. The van der Waals surface area contributed by atoms with Crippen LogP contribution in [0.4, 0.5) is 0 Å². The number of pyridine rings is 1. The number of hydrogen-bond acceptors (Lipinski definition) is 4. The number of aryl methyl sites for hydroxylation is 1. The molecule has 3 heterocycles. The van der Waals surface area contributed by atoms with E-state index in [2.05, 4.69) is 34.2 Å². The highest BCUT2D eigenvalue weighted by atomic mass is 32.1.